The second-order valence-electron chi connectivity index (χ2n) is 3.93. The fourth-order valence-electron chi connectivity index (χ4n) is 1.81. The van der Waals surface area contributed by atoms with Crippen LogP contribution < -0.4 is 5.32 Å². The zero-order chi connectivity index (χ0) is 9.97. The van der Waals surface area contributed by atoms with Gasteiger partial charge in [-0.3, -0.25) is 0 Å². The summed E-state index contributed by atoms with van der Waals surface area (Å²) in [6, 6.07) is 0. The van der Waals surface area contributed by atoms with E-state index >= 15 is 0 Å². The van der Waals surface area contributed by atoms with Crippen molar-refractivity contribution in [2.24, 2.45) is 0 Å². The van der Waals surface area contributed by atoms with E-state index in [2.05, 4.69) is 17.2 Å². The number of nitrogens with one attached hydrogen (secondary N) is 1. The molecule has 14 heavy (non-hydrogen) atoms. The lowest BCUT2D eigenvalue weighted by atomic mass is 9.85. The number of oxazole rings is 1. The summed E-state index contributed by atoms with van der Waals surface area (Å²) in [5, 5.41) is 3.11. The van der Waals surface area contributed by atoms with E-state index in [-0.39, 0.29) is 0 Å². The van der Waals surface area contributed by atoms with E-state index in [0.29, 0.717) is 5.92 Å². The summed E-state index contributed by atoms with van der Waals surface area (Å²) >= 11 is 0. The maximum absolute atomic E-state index is 5.78. The standard InChI is InChI=1S/C11H18N2O/c1-3-9-10(7-12-2)14-11(13-9)8-5-4-6-8/h8,12H,3-7H2,1-2H3. The normalized spacial score (nSPS) is 17.0. The highest BCUT2D eigenvalue weighted by molar-refractivity contribution is 5.12. The Morgan fingerprint density at radius 1 is 1.50 bits per heavy atom. The first-order chi connectivity index (χ1) is 6.85. The van der Waals surface area contributed by atoms with E-state index in [9.17, 15) is 0 Å². The molecule has 3 nitrogen and oxygen atoms in total. The molecule has 0 radical (unpaired) electrons. The summed E-state index contributed by atoms with van der Waals surface area (Å²) in [5.41, 5.74) is 1.13. The Balaban J connectivity index is 2.16. The van der Waals surface area contributed by atoms with Crippen LogP contribution in [-0.4, -0.2) is 12.0 Å². The Bertz CT molecular complexity index is 302. The molecular weight excluding hydrogens is 176 g/mol. The molecule has 0 atom stereocenters. The van der Waals surface area contributed by atoms with Gasteiger partial charge in [-0.25, -0.2) is 4.98 Å². The van der Waals surface area contributed by atoms with Gasteiger partial charge in [0.25, 0.3) is 0 Å². The maximum Gasteiger partial charge on any atom is 0.197 e. The van der Waals surface area contributed by atoms with Gasteiger partial charge in [-0.15, -0.1) is 0 Å². The number of hydrogen-bond acceptors (Lipinski definition) is 3. The summed E-state index contributed by atoms with van der Waals surface area (Å²) in [5.74, 6) is 2.60. The van der Waals surface area contributed by atoms with E-state index in [1.807, 2.05) is 7.05 Å². The molecule has 0 aromatic carbocycles. The summed E-state index contributed by atoms with van der Waals surface area (Å²) in [7, 11) is 1.94. The molecule has 0 saturated heterocycles. The minimum Gasteiger partial charge on any atom is -0.444 e. The van der Waals surface area contributed by atoms with Crippen LogP contribution in [-0.2, 0) is 13.0 Å². The lowest BCUT2D eigenvalue weighted by molar-refractivity contribution is 0.323. The molecular formula is C11H18N2O. The third-order valence-corrected chi connectivity index (χ3v) is 2.92. The second kappa shape index (κ2) is 4.13. The molecule has 1 N–H and O–H groups in total. The van der Waals surface area contributed by atoms with Crippen molar-refractivity contribution >= 4 is 0 Å². The van der Waals surface area contributed by atoms with Gasteiger partial charge in [-0.05, 0) is 26.3 Å². The molecule has 1 fully saturated rings. The largest absolute Gasteiger partial charge is 0.444 e. The summed E-state index contributed by atoms with van der Waals surface area (Å²) in [6.45, 7) is 2.92. The summed E-state index contributed by atoms with van der Waals surface area (Å²) in [4.78, 5) is 4.56. The molecule has 1 heterocycles. The fraction of sp³-hybridized carbons (Fsp3) is 0.727. The zero-order valence-electron chi connectivity index (χ0n) is 8.97. The second-order valence-corrected chi connectivity index (χ2v) is 3.93. The third kappa shape index (κ3) is 1.69. The molecule has 1 saturated carbocycles. The Morgan fingerprint density at radius 3 is 2.79 bits per heavy atom. The van der Waals surface area contributed by atoms with Crippen molar-refractivity contribution < 1.29 is 4.42 Å². The number of rotatable bonds is 4. The van der Waals surface area contributed by atoms with Crippen LogP contribution >= 0.6 is 0 Å². The lowest BCUT2D eigenvalue weighted by Gasteiger charge is -2.21. The van der Waals surface area contributed by atoms with Gasteiger partial charge in [0, 0.05) is 5.92 Å². The molecule has 0 bridgehead atoms. The van der Waals surface area contributed by atoms with E-state index in [0.717, 1.165) is 30.3 Å². The highest BCUT2D eigenvalue weighted by Gasteiger charge is 2.25. The number of hydrogen-bond donors (Lipinski definition) is 1. The van der Waals surface area contributed by atoms with E-state index in [1.165, 1.54) is 19.3 Å². The van der Waals surface area contributed by atoms with Crippen LogP contribution in [0.3, 0.4) is 0 Å². The molecule has 1 aliphatic rings. The van der Waals surface area contributed by atoms with Crippen LogP contribution in [0.15, 0.2) is 4.42 Å². The first-order valence-corrected chi connectivity index (χ1v) is 5.48. The number of aryl methyl sites for hydroxylation is 1. The predicted octanol–water partition coefficient (Wildman–Crippen LogP) is 2.22. The highest BCUT2D eigenvalue weighted by Crippen LogP contribution is 2.36. The third-order valence-electron chi connectivity index (χ3n) is 2.92. The van der Waals surface area contributed by atoms with Crippen LogP contribution in [0.4, 0.5) is 0 Å². The van der Waals surface area contributed by atoms with Crippen LogP contribution in [0.2, 0.25) is 0 Å². The minimum absolute atomic E-state index is 0.603. The summed E-state index contributed by atoms with van der Waals surface area (Å²) in [6.07, 6.45) is 4.80. The smallest absolute Gasteiger partial charge is 0.197 e. The van der Waals surface area contributed by atoms with Gasteiger partial charge >= 0.3 is 0 Å². The van der Waals surface area contributed by atoms with Crippen LogP contribution in [0.5, 0.6) is 0 Å². The number of aromatic nitrogens is 1. The van der Waals surface area contributed by atoms with E-state index in [1.54, 1.807) is 0 Å². The van der Waals surface area contributed by atoms with Crippen LogP contribution in [0.25, 0.3) is 0 Å². The van der Waals surface area contributed by atoms with Crippen LogP contribution in [0.1, 0.15) is 49.4 Å². The molecule has 78 valence electrons. The molecule has 0 spiro atoms. The Hall–Kier alpha value is -0.830. The van der Waals surface area contributed by atoms with Gasteiger partial charge in [-0.2, -0.15) is 0 Å². The van der Waals surface area contributed by atoms with Gasteiger partial charge < -0.3 is 9.73 Å². The Labute approximate surface area is 84.9 Å². The molecule has 1 aromatic rings. The zero-order valence-corrected chi connectivity index (χ0v) is 8.97. The molecule has 1 aliphatic carbocycles. The SMILES string of the molecule is CCc1nc(C2CCC2)oc1CNC. The first kappa shape index (κ1) is 9.71. The predicted molar refractivity (Wildman–Crippen MR) is 55.2 cm³/mol. The average Bonchev–Trinajstić information content (AvgIpc) is 2.46. The molecule has 2 rings (SSSR count). The van der Waals surface area contributed by atoms with Gasteiger partial charge in [0.2, 0.25) is 0 Å². The molecule has 3 heteroatoms. The van der Waals surface area contributed by atoms with Crippen molar-refractivity contribution in [3.05, 3.63) is 17.3 Å². The topological polar surface area (TPSA) is 38.1 Å². The molecule has 0 unspecified atom stereocenters. The monoisotopic (exact) mass is 194 g/mol. The van der Waals surface area contributed by atoms with Gasteiger partial charge in [0.15, 0.2) is 5.89 Å². The van der Waals surface area contributed by atoms with Crippen molar-refractivity contribution in [3.8, 4) is 0 Å². The van der Waals surface area contributed by atoms with Gasteiger partial charge in [0.05, 0.1) is 12.2 Å². The number of nitrogens with zero attached hydrogens (tertiary/aromatic N) is 1. The average molecular weight is 194 g/mol. The van der Waals surface area contributed by atoms with E-state index < -0.39 is 0 Å². The van der Waals surface area contributed by atoms with Crippen molar-refractivity contribution in [2.45, 2.75) is 45.1 Å². The fourth-order valence-corrected chi connectivity index (χ4v) is 1.81. The molecule has 0 amide bonds. The van der Waals surface area contributed by atoms with Crippen molar-refractivity contribution in [2.75, 3.05) is 7.05 Å². The van der Waals surface area contributed by atoms with Gasteiger partial charge in [0.1, 0.15) is 5.76 Å². The molecule has 1 aromatic heterocycles. The Morgan fingerprint density at radius 2 is 2.29 bits per heavy atom. The van der Waals surface area contributed by atoms with Crippen molar-refractivity contribution in [1.29, 1.82) is 0 Å². The van der Waals surface area contributed by atoms with Gasteiger partial charge in [-0.1, -0.05) is 13.3 Å². The van der Waals surface area contributed by atoms with E-state index in [4.69, 9.17) is 4.42 Å². The minimum atomic E-state index is 0.603. The van der Waals surface area contributed by atoms with Crippen molar-refractivity contribution in [1.82, 2.24) is 10.3 Å². The highest BCUT2D eigenvalue weighted by atomic mass is 16.4. The van der Waals surface area contributed by atoms with Crippen molar-refractivity contribution in [3.63, 3.8) is 0 Å². The Kier molecular flexibility index (Phi) is 2.87. The maximum atomic E-state index is 5.78. The molecule has 0 aliphatic heterocycles. The quantitative estimate of drug-likeness (QED) is 0.798. The summed E-state index contributed by atoms with van der Waals surface area (Å²) < 4.78 is 5.78. The lowest BCUT2D eigenvalue weighted by Crippen LogP contribution is -2.08. The first-order valence-electron chi connectivity index (χ1n) is 5.48. The van der Waals surface area contributed by atoms with Crippen LogP contribution in [0, 0.1) is 0 Å².